The number of benzene rings is 3. The minimum atomic E-state index is -3.78. The molecule has 0 saturated heterocycles. The normalized spacial score (nSPS) is 11.1. The topological polar surface area (TPSA) is 66.5 Å². The SMILES string of the molecule is Cc1cccc(CN(C)C(=O)c2cccc(S(=O)(=O)Nc3ccccc3)c2)c1. The van der Waals surface area contributed by atoms with Crippen LogP contribution in [0.2, 0.25) is 0 Å². The summed E-state index contributed by atoms with van der Waals surface area (Å²) in [6.45, 7) is 2.44. The van der Waals surface area contributed by atoms with E-state index in [0.29, 0.717) is 17.8 Å². The van der Waals surface area contributed by atoms with Crippen LogP contribution < -0.4 is 4.72 Å². The Morgan fingerprint density at radius 3 is 2.36 bits per heavy atom. The number of amides is 1. The number of nitrogens with one attached hydrogen (secondary N) is 1. The summed E-state index contributed by atoms with van der Waals surface area (Å²) in [6, 6.07) is 22.6. The lowest BCUT2D eigenvalue weighted by molar-refractivity contribution is 0.0785. The van der Waals surface area contributed by atoms with Crippen LogP contribution in [0.1, 0.15) is 21.5 Å². The fourth-order valence-corrected chi connectivity index (χ4v) is 4.00. The lowest BCUT2D eigenvalue weighted by Crippen LogP contribution is -2.26. The molecule has 0 aliphatic heterocycles. The number of nitrogens with zero attached hydrogens (tertiary/aromatic N) is 1. The number of rotatable bonds is 6. The van der Waals surface area contributed by atoms with E-state index in [0.717, 1.165) is 11.1 Å². The summed E-state index contributed by atoms with van der Waals surface area (Å²) in [5.41, 5.74) is 2.94. The second-order valence-corrected chi connectivity index (χ2v) is 8.33. The Kier molecular flexibility index (Phi) is 5.80. The van der Waals surface area contributed by atoms with Gasteiger partial charge in [0.25, 0.3) is 15.9 Å². The molecule has 28 heavy (non-hydrogen) atoms. The highest BCUT2D eigenvalue weighted by Gasteiger charge is 2.18. The van der Waals surface area contributed by atoms with Crippen LogP contribution in [0.3, 0.4) is 0 Å². The number of aryl methyl sites for hydroxylation is 1. The zero-order chi connectivity index (χ0) is 20.1. The van der Waals surface area contributed by atoms with Gasteiger partial charge in [0.15, 0.2) is 0 Å². The first-order valence-corrected chi connectivity index (χ1v) is 10.3. The molecule has 144 valence electrons. The Hall–Kier alpha value is -3.12. The molecule has 0 atom stereocenters. The van der Waals surface area contributed by atoms with E-state index in [4.69, 9.17) is 0 Å². The van der Waals surface area contributed by atoms with Gasteiger partial charge in [-0.2, -0.15) is 0 Å². The zero-order valence-corrected chi connectivity index (χ0v) is 16.6. The summed E-state index contributed by atoms with van der Waals surface area (Å²) in [5.74, 6) is -0.238. The third kappa shape index (κ3) is 4.78. The average Bonchev–Trinajstić information content (AvgIpc) is 2.68. The van der Waals surface area contributed by atoms with Crippen molar-refractivity contribution in [3.63, 3.8) is 0 Å². The van der Waals surface area contributed by atoms with Gasteiger partial charge >= 0.3 is 0 Å². The molecule has 0 saturated carbocycles. The molecule has 0 spiro atoms. The molecular weight excluding hydrogens is 372 g/mol. The molecule has 3 rings (SSSR count). The van der Waals surface area contributed by atoms with Gasteiger partial charge < -0.3 is 4.90 Å². The largest absolute Gasteiger partial charge is 0.337 e. The first-order chi connectivity index (χ1) is 13.3. The molecule has 0 fully saturated rings. The molecule has 6 heteroatoms. The molecule has 0 aromatic heterocycles. The quantitative estimate of drug-likeness (QED) is 0.685. The van der Waals surface area contributed by atoms with Crippen molar-refractivity contribution in [3.8, 4) is 0 Å². The predicted octanol–water partition coefficient (Wildman–Crippen LogP) is 4.07. The van der Waals surface area contributed by atoms with Gasteiger partial charge in [-0.1, -0.05) is 54.1 Å². The van der Waals surface area contributed by atoms with E-state index >= 15 is 0 Å². The van der Waals surface area contributed by atoms with Crippen molar-refractivity contribution in [1.82, 2.24) is 4.90 Å². The number of carbonyl (C=O) groups excluding carboxylic acids is 1. The molecule has 0 radical (unpaired) electrons. The van der Waals surface area contributed by atoms with Crippen molar-refractivity contribution in [3.05, 3.63) is 95.6 Å². The Morgan fingerprint density at radius 2 is 1.64 bits per heavy atom. The molecule has 0 aliphatic carbocycles. The third-order valence-corrected chi connectivity index (χ3v) is 5.65. The second-order valence-electron chi connectivity index (χ2n) is 6.65. The lowest BCUT2D eigenvalue weighted by atomic mass is 10.1. The monoisotopic (exact) mass is 394 g/mol. The fraction of sp³-hybridized carbons (Fsp3) is 0.136. The molecule has 1 N–H and O–H groups in total. The summed E-state index contributed by atoms with van der Waals surface area (Å²) >= 11 is 0. The van der Waals surface area contributed by atoms with E-state index < -0.39 is 10.0 Å². The molecule has 0 heterocycles. The molecule has 3 aromatic carbocycles. The van der Waals surface area contributed by atoms with Crippen molar-refractivity contribution in [2.45, 2.75) is 18.4 Å². The molecule has 3 aromatic rings. The highest BCUT2D eigenvalue weighted by molar-refractivity contribution is 7.92. The maximum atomic E-state index is 12.8. The van der Waals surface area contributed by atoms with Crippen molar-refractivity contribution < 1.29 is 13.2 Å². The van der Waals surface area contributed by atoms with Crippen molar-refractivity contribution in [2.24, 2.45) is 0 Å². The van der Waals surface area contributed by atoms with Crippen molar-refractivity contribution >= 4 is 21.6 Å². The van der Waals surface area contributed by atoms with E-state index in [9.17, 15) is 13.2 Å². The van der Waals surface area contributed by atoms with Gasteiger partial charge in [-0.3, -0.25) is 9.52 Å². The molecule has 0 bridgehead atoms. The van der Waals surface area contributed by atoms with Crippen molar-refractivity contribution in [1.29, 1.82) is 0 Å². The average molecular weight is 394 g/mol. The van der Waals surface area contributed by atoms with Crippen LogP contribution in [0.4, 0.5) is 5.69 Å². The maximum absolute atomic E-state index is 12.8. The number of sulfonamides is 1. The highest BCUT2D eigenvalue weighted by Crippen LogP contribution is 2.18. The fourth-order valence-electron chi connectivity index (χ4n) is 2.89. The number of carbonyl (C=O) groups is 1. The lowest BCUT2D eigenvalue weighted by Gasteiger charge is -2.18. The van der Waals surface area contributed by atoms with E-state index in [2.05, 4.69) is 4.72 Å². The van der Waals surface area contributed by atoms with Gasteiger partial charge in [0.05, 0.1) is 4.90 Å². The Bertz CT molecular complexity index is 1080. The van der Waals surface area contributed by atoms with Crippen LogP contribution in [0.5, 0.6) is 0 Å². The predicted molar refractivity (Wildman–Crippen MR) is 111 cm³/mol. The number of anilines is 1. The van der Waals surface area contributed by atoms with Gasteiger partial charge in [0.1, 0.15) is 0 Å². The second kappa shape index (κ2) is 8.27. The summed E-state index contributed by atoms with van der Waals surface area (Å²) in [7, 11) is -2.08. The first-order valence-electron chi connectivity index (χ1n) is 8.84. The smallest absolute Gasteiger partial charge is 0.261 e. The van der Waals surface area contributed by atoms with Gasteiger partial charge in [0.2, 0.25) is 0 Å². The van der Waals surface area contributed by atoms with Gasteiger partial charge in [-0.15, -0.1) is 0 Å². The third-order valence-electron chi connectivity index (χ3n) is 4.27. The van der Waals surface area contributed by atoms with E-state index in [1.54, 1.807) is 54.4 Å². The van der Waals surface area contributed by atoms with Crippen molar-refractivity contribution in [2.75, 3.05) is 11.8 Å². The summed E-state index contributed by atoms with van der Waals surface area (Å²) in [4.78, 5) is 14.4. The number of hydrogen-bond acceptors (Lipinski definition) is 3. The van der Waals surface area contributed by atoms with Crippen LogP contribution in [-0.2, 0) is 16.6 Å². The summed E-state index contributed by atoms with van der Waals surface area (Å²) in [5, 5.41) is 0. The van der Waals surface area contributed by atoms with E-state index in [-0.39, 0.29) is 10.8 Å². The molecular formula is C22H22N2O3S. The minimum Gasteiger partial charge on any atom is -0.337 e. The maximum Gasteiger partial charge on any atom is 0.261 e. The van der Waals surface area contributed by atoms with Gasteiger partial charge in [0, 0.05) is 24.8 Å². The molecule has 1 amide bonds. The van der Waals surface area contributed by atoms with Gasteiger partial charge in [-0.25, -0.2) is 8.42 Å². The summed E-state index contributed by atoms with van der Waals surface area (Å²) < 4.78 is 27.8. The molecule has 5 nitrogen and oxygen atoms in total. The first kappa shape index (κ1) is 19.6. The Morgan fingerprint density at radius 1 is 0.929 bits per heavy atom. The van der Waals surface area contributed by atoms with Crippen LogP contribution in [0, 0.1) is 6.92 Å². The van der Waals surface area contributed by atoms with Crippen LogP contribution in [0.15, 0.2) is 83.8 Å². The molecule has 0 aliphatic rings. The van der Waals surface area contributed by atoms with E-state index in [1.165, 1.54) is 12.1 Å². The summed E-state index contributed by atoms with van der Waals surface area (Å²) in [6.07, 6.45) is 0. The van der Waals surface area contributed by atoms with Crippen LogP contribution in [-0.4, -0.2) is 26.3 Å². The van der Waals surface area contributed by atoms with E-state index in [1.807, 2.05) is 31.2 Å². The number of hydrogen-bond donors (Lipinski definition) is 1. The Balaban J connectivity index is 1.79. The highest BCUT2D eigenvalue weighted by atomic mass is 32.2. The standard InChI is InChI=1S/C22H22N2O3S/c1-17-8-6-9-18(14-17)16-24(2)22(25)19-10-7-13-21(15-19)28(26,27)23-20-11-4-3-5-12-20/h3-15,23H,16H2,1-2H3. The van der Waals surface area contributed by atoms with Crippen LogP contribution in [0.25, 0.3) is 0 Å². The van der Waals surface area contributed by atoms with Crippen LogP contribution >= 0.6 is 0 Å². The minimum absolute atomic E-state index is 0.0474. The molecule has 0 unspecified atom stereocenters. The number of para-hydroxylation sites is 1. The zero-order valence-electron chi connectivity index (χ0n) is 15.8. The Labute approximate surface area is 165 Å². The van der Waals surface area contributed by atoms with Gasteiger partial charge in [-0.05, 0) is 42.8 Å².